The van der Waals surface area contributed by atoms with Crippen molar-refractivity contribution in [3.8, 4) is 0 Å². The summed E-state index contributed by atoms with van der Waals surface area (Å²) >= 11 is 0. The molecule has 0 bridgehead atoms. The molecule has 0 aromatic heterocycles. The minimum Gasteiger partial charge on any atom is -0.326 e. The van der Waals surface area contributed by atoms with Crippen molar-refractivity contribution >= 4 is 34.6 Å². The smallest absolute Gasteiger partial charge is 0.238 e. The molecule has 0 saturated heterocycles. The molecule has 0 aliphatic heterocycles. The van der Waals surface area contributed by atoms with Crippen LogP contribution in [-0.2, 0) is 9.59 Å². The first-order chi connectivity index (χ1) is 13.5. The van der Waals surface area contributed by atoms with Crippen molar-refractivity contribution < 1.29 is 9.59 Å². The van der Waals surface area contributed by atoms with Crippen LogP contribution in [0, 0.1) is 0 Å². The molecule has 0 spiro atoms. The van der Waals surface area contributed by atoms with E-state index in [1.165, 1.54) is 0 Å². The highest BCUT2D eigenvalue weighted by atomic mass is 16.2. The standard InChI is InChI=1S/C21H27N5O2/c1-4-20(27)22-16-7-11-18(12-8-16)24-25-19-13-9-17(10-14-19)23-21(28)15-26(5-2)6-3/h7-14H,4-6,15H2,1-3H3,(H,22,27)(H,23,28). The van der Waals surface area contributed by atoms with Crippen LogP contribution in [-0.4, -0.2) is 36.3 Å². The molecule has 7 nitrogen and oxygen atoms in total. The molecule has 0 heterocycles. The van der Waals surface area contributed by atoms with Gasteiger partial charge in [-0.25, -0.2) is 0 Å². The minimum absolute atomic E-state index is 0.0290. The highest BCUT2D eigenvalue weighted by Gasteiger charge is 2.07. The fraction of sp³-hybridized carbons (Fsp3) is 0.333. The molecule has 7 heteroatoms. The summed E-state index contributed by atoms with van der Waals surface area (Å²) in [5, 5.41) is 14.0. The Labute approximate surface area is 165 Å². The molecule has 148 valence electrons. The maximum Gasteiger partial charge on any atom is 0.238 e. The fourth-order valence-electron chi connectivity index (χ4n) is 2.44. The first kappa shape index (κ1) is 21.2. The van der Waals surface area contributed by atoms with Gasteiger partial charge in [0.25, 0.3) is 0 Å². The fourth-order valence-corrected chi connectivity index (χ4v) is 2.44. The zero-order valence-electron chi connectivity index (χ0n) is 16.6. The number of benzene rings is 2. The van der Waals surface area contributed by atoms with E-state index in [2.05, 4.69) is 25.8 Å². The van der Waals surface area contributed by atoms with Gasteiger partial charge in [0.1, 0.15) is 0 Å². The molecule has 0 radical (unpaired) electrons. The lowest BCUT2D eigenvalue weighted by atomic mass is 10.2. The van der Waals surface area contributed by atoms with Crippen LogP contribution in [0.5, 0.6) is 0 Å². The summed E-state index contributed by atoms with van der Waals surface area (Å²) in [6, 6.07) is 14.4. The third-order valence-corrected chi connectivity index (χ3v) is 4.17. The number of hydrogen-bond acceptors (Lipinski definition) is 5. The van der Waals surface area contributed by atoms with E-state index >= 15 is 0 Å². The number of anilines is 2. The lowest BCUT2D eigenvalue weighted by Crippen LogP contribution is -2.32. The molecule has 0 unspecified atom stereocenters. The molecular weight excluding hydrogens is 354 g/mol. The van der Waals surface area contributed by atoms with E-state index in [0.29, 0.717) is 24.3 Å². The van der Waals surface area contributed by atoms with Crippen LogP contribution in [0.4, 0.5) is 22.7 Å². The normalized spacial score (nSPS) is 11.0. The molecule has 2 amide bonds. The molecule has 0 atom stereocenters. The Morgan fingerprint density at radius 2 is 1.18 bits per heavy atom. The first-order valence-corrected chi connectivity index (χ1v) is 9.48. The van der Waals surface area contributed by atoms with Gasteiger partial charge in [0.05, 0.1) is 17.9 Å². The van der Waals surface area contributed by atoms with Gasteiger partial charge in [0, 0.05) is 17.8 Å². The first-order valence-electron chi connectivity index (χ1n) is 9.48. The highest BCUT2D eigenvalue weighted by Crippen LogP contribution is 2.21. The zero-order chi connectivity index (χ0) is 20.4. The van der Waals surface area contributed by atoms with Gasteiger partial charge in [-0.15, -0.1) is 0 Å². The quantitative estimate of drug-likeness (QED) is 0.616. The Bertz CT molecular complexity index is 797. The third kappa shape index (κ3) is 6.92. The SMILES string of the molecule is CCC(=O)Nc1ccc(N=Nc2ccc(NC(=O)CN(CC)CC)cc2)cc1. The van der Waals surface area contributed by atoms with Gasteiger partial charge in [-0.1, -0.05) is 20.8 Å². The van der Waals surface area contributed by atoms with Crippen LogP contribution in [0.3, 0.4) is 0 Å². The molecule has 0 aliphatic rings. The molecule has 2 N–H and O–H groups in total. The van der Waals surface area contributed by atoms with Gasteiger partial charge < -0.3 is 10.6 Å². The number of hydrogen-bond donors (Lipinski definition) is 2. The molecule has 2 rings (SSSR count). The number of nitrogens with one attached hydrogen (secondary N) is 2. The molecule has 2 aromatic carbocycles. The summed E-state index contributed by atoms with van der Waals surface area (Å²) in [5.74, 6) is -0.0630. The second-order valence-corrected chi connectivity index (χ2v) is 6.21. The maximum atomic E-state index is 12.0. The van der Waals surface area contributed by atoms with Gasteiger partial charge in [0.15, 0.2) is 0 Å². The topological polar surface area (TPSA) is 86.2 Å². The van der Waals surface area contributed by atoms with Crippen LogP contribution in [0.15, 0.2) is 58.8 Å². The molecule has 2 aromatic rings. The van der Waals surface area contributed by atoms with Crippen LogP contribution in [0.25, 0.3) is 0 Å². The van der Waals surface area contributed by atoms with Crippen molar-refractivity contribution in [2.45, 2.75) is 27.2 Å². The van der Waals surface area contributed by atoms with Crippen LogP contribution < -0.4 is 10.6 Å². The van der Waals surface area contributed by atoms with Gasteiger partial charge in [-0.05, 0) is 61.6 Å². The summed E-state index contributed by atoms with van der Waals surface area (Å²) in [7, 11) is 0. The third-order valence-electron chi connectivity index (χ3n) is 4.17. The van der Waals surface area contributed by atoms with Gasteiger partial charge in [0.2, 0.25) is 11.8 Å². The number of nitrogens with zero attached hydrogens (tertiary/aromatic N) is 3. The molecule has 0 saturated carbocycles. The van der Waals surface area contributed by atoms with Crippen molar-refractivity contribution in [1.29, 1.82) is 0 Å². The van der Waals surface area contributed by atoms with E-state index in [0.717, 1.165) is 24.5 Å². The van der Waals surface area contributed by atoms with Crippen molar-refractivity contribution in [3.63, 3.8) is 0 Å². The average Bonchev–Trinajstić information content (AvgIpc) is 2.72. The minimum atomic E-state index is -0.0340. The average molecular weight is 381 g/mol. The largest absolute Gasteiger partial charge is 0.326 e. The summed E-state index contributed by atoms with van der Waals surface area (Å²) in [6.07, 6.45) is 0.438. The van der Waals surface area contributed by atoms with Crippen LogP contribution >= 0.6 is 0 Å². The lowest BCUT2D eigenvalue weighted by molar-refractivity contribution is -0.117. The predicted molar refractivity (Wildman–Crippen MR) is 112 cm³/mol. The number of amides is 2. The molecule has 0 aliphatic carbocycles. The van der Waals surface area contributed by atoms with E-state index in [4.69, 9.17) is 0 Å². The van der Waals surface area contributed by atoms with E-state index in [1.807, 2.05) is 13.8 Å². The van der Waals surface area contributed by atoms with Gasteiger partial charge in [-0.2, -0.15) is 10.2 Å². The number of likely N-dealkylation sites (N-methyl/N-ethyl adjacent to an activating group) is 1. The van der Waals surface area contributed by atoms with Crippen molar-refractivity contribution in [1.82, 2.24) is 4.90 Å². The second kappa shape index (κ2) is 10.9. The second-order valence-electron chi connectivity index (χ2n) is 6.21. The lowest BCUT2D eigenvalue weighted by Gasteiger charge is -2.17. The Hall–Kier alpha value is -3.06. The summed E-state index contributed by atoms with van der Waals surface area (Å²) in [6.45, 7) is 7.93. The summed E-state index contributed by atoms with van der Waals surface area (Å²) in [4.78, 5) is 25.5. The molecular formula is C21H27N5O2. The summed E-state index contributed by atoms with van der Waals surface area (Å²) in [5.41, 5.74) is 2.83. The zero-order valence-corrected chi connectivity index (χ0v) is 16.6. The number of carbonyl (C=O) groups excluding carboxylic acids is 2. The van der Waals surface area contributed by atoms with Crippen LogP contribution in [0.2, 0.25) is 0 Å². The van der Waals surface area contributed by atoms with Gasteiger partial charge in [-0.3, -0.25) is 14.5 Å². The Kier molecular flexibility index (Phi) is 8.30. The number of azo groups is 1. The van der Waals surface area contributed by atoms with Crippen molar-refractivity contribution in [3.05, 3.63) is 48.5 Å². The van der Waals surface area contributed by atoms with Crippen LogP contribution in [0.1, 0.15) is 27.2 Å². The predicted octanol–water partition coefficient (Wildman–Crippen LogP) is 4.73. The highest BCUT2D eigenvalue weighted by molar-refractivity contribution is 5.92. The Balaban J connectivity index is 1.91. The van der Waals surface area contributed by atoms with E-state index < -0.39 is 0 Å². The monoisotopic (exact) mass is 381 g/mol. The van der Waals surface area contributed by atoms with Gasteiger partial charge >= 0.3 is 0 Å². The Morgan fingerprint density at radius 1 is 0.750 bits per heavy atom. The van der Waals surface area contributed by atoms with E-state index in [9.17, 15) is 9.59 Å². The van der Waals surface area contributed by atoms with Crippen molar-refractivity contribution in [2.24, 2.45) is 10.2 Å². The number of carbonyl (C=O) groups is 2. The summed E-state index contributed by atoms with van der Waals surface area (Å²) < 4.78 is 0. The molecule has 28 heavy (non-hydrogen) atoms. The van der Waals surface area contributed by atoms with E-state index in [1.54, 1.807) is 55.5 Å². The maximum absolute atomic E-state index is 12.0. The van der Waals surface area contributed by atoms with Crippen molar-refractivity contribution in [2.75, 3.05) is 30.3 Å². The molecule has 0 fully saturated rings. The Morgan fingerprint density at radius 3 is 1.57 bits per heavy atom. The number of rotatable bonds is 9. The van der Waals surface area contributed by atoms with E-state index in [-0.39, 0.29) is 11.8 Å².